The summed E-state index contributed by atoms with van der Waals surface area (Å²) in [7, 11) is 1.32. The van der Waals surface area contributed by atoms with Gasteiger partial charge < -0.3 is 5.11 Å². The zero-order valence-corrected chi connectivity index (χ0v) is 24.1. The third-order valence-corrected chi connectivity index (χ3v) is 11.0. The molecular weight excluding hydrogens is 597 g/mol. The normalized spacial score (nSPS) is 31.7. The number of benzene rings is 3. The molecule has 10 nitrogen and oxygen atoms in total. The lowest BCUT2D eigenvalue weighted by Gasteiger charge is -2.51. The van der Waals surface area contributed by atoms with E-state index in [1.165, 1.54) is 37.4 Å². The van der Waals surface area contributed by atoms with Gasteiger partial charge in [0, 0.05) is 30.5 Å². The molecule has 7 rings (SSSR count). The van der Waals surface area contributed by atoms with Crippen molar-refractivity contribution in [1.82, 2.24) is 4.90 Å². The average molecular weight is 620 g/mol. The lowest BCUT2D eigenvalue weighted by molar-refractivity contribution is -0.384. The minimum atomic E-state index is -1.96. The van der Waals surface area contributed by atoms with E-state index >= 15 is 0 Å². The number of anilines is 1. The van der Waals surface area contributed by atoms with Crippen LogP contribution in [0.1, 0.15) is 24.3 Å². The summed E-state index contributed by atoms with van der Waals surface area (Å²) in [5, 5.41) is 23.1. The second-order valence-corrected chi connectivity index (χ2v) is 12.7. The number of likely N-dealkylation sites (tertiary alicyclic amines) is 1. The first kappa shape index (κ1) is 27.5. The number of nitro benzene ring substituents is 1. The first-order chi connectivity index (χ1) is 20.4. The van der Waals surface area contributed by atoms with Crippen LogP contribution in [0.25, 0.3) is 10.8 Å². The third-order valence-electron chi connectivity index (χ3n) is 9.56. The van der Waals surface area contributed by atoms with E-state index in [1.54, 1.807) is 30.3 Å². The fourth-order valence-corrected chi connectivity index (χ4v) is 8.66. The van der Waals surface area contributed by atoms with Gasteiger partial charge in [-0.05, 0) is 41.8 Å². The quantitative estimate of drug-likeness (QED) is 0.148. The summed E-state index contributed by atoms with van der Waals surface area (Å²) < 4.78 is 0. The number of carbonyl (C=O) groups excluding carboxylic acids is 4. The molecule has 2 heterocycles. The number of carbonyl (C=O) groups is 4. The Morgan fingerprint density at radius 2 is 1.65 bits per heavy atom. The van der Waals surface area contributed by atoms with E-state index in [0.717, 1.165) is 9.80 Å². The molecule has 2 aliphatic heterocycles. The van der Waals surface area contributed by atoms with E-state index in [9.17, 15) is 34.4 Å². The van der Waals surface area contributed by atoms with Crippen molar-refractivity contribution in [2.24, 2.45) is 17.8 Å². The number of allylic oxidation sites excluding steroid dienone is 2. The molecule has 0 spiro atoms. The lowest BCUT2D eigenvalue weighted by atomic mass is 9.56. The fourth-order valence-electron chi connectivity index (χ4n) is 7.65. The summed E-state index contributed by atoms with van der Waals surface area (Å²) in [6, 6.07) is 15.5. The number of nitro groups is 1. The number of halogens is 2. The molecule has 0 aromatic heterocycles. The number of alkyl halides is 2. The number of phenols is 1. The van der Waals surface area contributed by atoms with Crippen LogP contribution in [0.5, 0.6) is 5.75 Å². The summed E-state index contributed by atoms with van der Waals surface area (Å²) in [6.07, 6.45) is 1.80. The van der Waals surface area contributed by atoms with Crippen LogP contribution in [0.4, 0.5) is 11.4 Å². The highest BCUT2D eigenvalue weighted by molar-refractivity contribution is 6.53. The predicted octanol–water partition coefficient (Wildman–Crippen LogP) is 4.65. The van der Waals surface area contributed by atoms with Gasteiger partial charge in [0.1, 0.15) is 5.75 Å². The van der Waals surface area contributed by atoms with Crippen molar-refractivity contribution >= 4 is 69.0 Å². The molecule has 2 saturated heterocycles. The van der Waals surface area contributed by atoms with Crippen LogP contribution in [0.15, 0.2) is 72.3 Å². The topological polar surface area (TPSA) is 138 Å². The fraction of sp³-hybridized carbons (Fsp3) is 0.290. The number of nitrogens with zero attached hydrogens (tertiary/aromatic N) is 3. The molecule has 3 aromatic rings. The molecule has 0 radical (unpaired) electrons. The maximum absolute atomic E-state index is 14.1. The number of hydrogen-bond acceptors (Lipinski definition) is 7. The summed E-state index contributed by atoms with van der Waals surface area (Å²) in [4.78, 5) is 64.1. The molecular formula is C31H23Cl2N3O7. The first-order valence-electron chi connectivity index (χ1n) is 13.6. The maximum Gasteiger partial charge on any atom is 0.271 e. The van der Waals surface area contributed by atoms with Crippen LogP contribution in [0, 0.1) is 27.9 Å². The van der Waals surface area contributed by atoms with E-state index in [1.807, 2.05) is 6.08 Å². The SMILES string of the molecule is CN1C(=O)[C@]2(Cl)C[C@@H]3C(=CC[C@@H]4C(=O)N(c5cccc([N+](=O)[O-])c5)C(=O)[C@@H]43)[C@H](c3ccc(O)c4ccccc34)[C@]2(Cl)C1=O. The Morgan fingerprint density at radius 3 is 2.37 bits per heavy atom. The van der Waals surface area contributed by atoms with Crippen molar-refractivity contribution in [1.29, 1.82) is 0 Å². The molecule has 0 bridgehead atoms. The highest BCUT2D eigenvalue weighted by Gasteiger charge is 2.76. The summed E-state index contributed by atoms with van der Waals surface area (Å²) in [5.74, 6) is -5.89. The number of imide groups is 2. The Kier molecular flexibility index (Phi) is 5.84. The Labute approximate surface area is 254 Å². The minimum Gasteiger partial charge on any atom is -0.507 e. The summed E-state index contributed by atoms with van der Waals surface area (Å²) in [5.41, 5.74) is 0.970. The largest absolute Gasteiger partial charge is 0.507 e. The zero-order chi connectivity index (χ0) is 30.6. The Bertz CT molecular complexity index is 1860. The Morgan fingerprint density at radius 1 is 0.930 bits per heavy atom. The minimum absolute atomic E-state index is 0.0141. The van der Waals surface area contributed by atoms with Crippen LogP contribution in [-0.2, 0) is 19.2 Å². The number of hydrogen-bond donors (Lipinski definition) is 1. The number of phenolic OH excluding ortho intramolecular Hbond substituents is 1. The molecule has 3 aromatic carbocycles. The van der Waals surface area contributed by atoms with Gasteiger partial charge in [0.05, 0.1) is 22.4 Å². The van der Waals surface area contributed by atoms with E-state index in [-0.39, 0.29) is 30.0 Å². The van der Waals surface area contributed by atoms with Crippen molar-refractivity contribution < 1.29 is 29.2 Å². The van der Waals surface area contributed by atoms with Crippen LogP contribution in [-0.4, -0.2) is 55.4 Å². The van der Waals surface area contributed by atoms with Crippen molar-refractivity contribution in [2.45, 2.75) is 28.5 Å². The van der Waals surface area contributed by atoms with E-state index < -0.39 is 62.0 Å². The molecule has 0 unspecified atom stereocenters. The average Bonchev–Trinajstić information content (AvgIpc) is 3.33. The number of aromatic hydroxyl groups is 1. The molecule has 6 atom stereocenters. The zero-order valence-electron chi connectivity index (χ0n) is 22.6. The van der Waals surface area contributed by atoms with Crippen molar-refractivity contribution in [3.8, 4) is 5.75 Å². The van der Waals surface area contributed by atoms with Crippen LogP contribution in [0.2, 0.25) is 0 Å². The molecule has 12 heteroatoms. The van der Waals surface area contributed by atoms with E-state index in [0.29, 0.717) is 21.9 Å². The molecule has 4 amide bonds. The molecule has 1 N–H and O–H groups in total. The Hall–Kier alpha value is -4.28. The number of fused-ring (bicyclic) bond motifs is 5. The monoisotopic (exact) mass is 619 g/mol. The van der Waals surface area contributed by atoms with Crippen LogP contribution < -0.4 is 4.90 Å². The standard InChI is InChI=1S/C31H23Cl2N3O7/c1-34-28(40)30(32)14-22-20(25(31(30,33)29(34)41)19-11-12-23(37)18-8-3-2-7-17(18)19)9-10-21-24(22)27(39)35(26(21)38)15-5-4-6-16(13-15)36(42)43/h2-9,11-13,21-22,24-25,37H,10,14H2,1H3/t21-,22+,24-,25-,30+,31-/m0/s1. The number of rotatable bonds is 3. The Balaban J connectivity index is 1.42. The van der Waals surface area contributed by atoms with Gasteiger partial charge in [0.2, 0.25) is 11.8 Å². The molecule has 218 valence electrons. The molecule has 43 heavy (non-hydrogen) atoms. The van der Waals surface area contributed by atoms with Gasteiger partial charge in [-0.3, -0.25) is 34.2 Å². The van der Waals surface area contributed by atoms with E-state index in [4.69, 9.17) is 23.2 Å². The highest BCUT2D eigenvalue weighted by atomic mass is 35.5. The van der Waals surface area contributed by atoms with Gasteiger partial charge in [0.25, 0.3) is 17.5 Å². The molecule has 2 aliphatic carbocycles. The predicted molar refractivity (Wildman–Crippen MR) is 157 cm³/mol. The van der Waals surface area contributed by atoms with Gasteiger partial charge >= 0.3 is 0 Å². The van der Waals surface area contributed by atoms with Crippen LogP contribution in [0.3, 0.4) is 0 Å². The van der Waals surface area contributed by atoms with Crippen molar-refractivity contribution in [2.75, 3.05) is 11.9 Å². The van der Waals surface area contributed by atoms with Gasteiger partial charge in [-0.2, -0.15) is 0 Å². The third kappa shape index (κ3) is 3.41. The van der Waals surface area contributed by atoms with Crippen molar-refractivity contribution in [3.63, 3.8) is 0 Å². The number of non-ortho nitro benzene ring substituents is 1. The van der Waals surface area contributed by atoms with Gasteiger partial charge in [-0.15, -0.1) is 23.2 Å². The smallest absolute Gasteiger partial charge is 0.271 e. The summed E-state index contributed by atoms with van der Waals surface area (Å²) in [6.45, 7) is 0. The van der Waals surface area contributed by atoms with Gasteiger partial charge in [0.15, 0.2) is 9.75 Å². The summed E-state index contributed by atoms with van der Waals surface area (Å²) >= 11 is 14.5. The second kappa shape index (κ2) is 9.11. The lowest BCUT2D eigenvalue weighted by Crippen LogP contribution is -2.60. The molecule has 3 fully saturated rings. The number of amides is 4. The van der Waals surface area contributed by atoms with Gasteiger partial charge in [-0.1, -0.05) is 48.0 Å². The molecule has 4 aliphatic rings. The van der Waals surface area contributed by atoms with Gasteiger partial charge in [-0.25, -0.2) is 4.90 Å². The second-order valence-electron chi connectivity index (χ2n) is 11.5. The van der Waals surface area contributed by atoms with Crippen LogP contribution >= 0.6 is 23.2 Å². The van der Waals surface area contributed by atoms with Crippen molar-refractivity contribution in [3.05, 3.63) is 88.0 Å². The maximum atomic E-state index is 14.1. The first-order valence-corrected chi connectivity index (χ1v) is 14.4. The molecule has 1 saturated carbocycles. The van der Waals surface area contributed by atoms with E-state index in [2.05, 4.69) is 0 Å². The highest BCUT2D eigenvalue weighted by Crippen LogP contribution is 2.66.